The highest BCUT2D eigenvalue weighted by Gasteiger charge is 2.37. The average Bonchev–Trinajstić information content (AvgIpc) is 2.58. The Hall–Kier alpha value is -3.08. The van der Waals surface area contributed by atoms with Gasteiger partial charge in [0.1, 0.15) is 6.61 Å². The zero-order valence-corrected chi connectivity index (χ0v) is 14.6. The lowest BCUT2D eigenvalue weighted by Gasteiger charge is -2.20. The normalized spacial score (nSPS) is 12.5. The van der Waals surface area contributed by atoms with Gasteiger partial charge in [-0.2, -0.15) is 0 Å². The molecule has 0 amide bonds. The molecule has 0 saturated heterocycles. The van der Waals surface area contributed by atoms with Gasteiger partial charge in [-0.1, -0.05) is 0 Å². The molecule has 1 aromatic rings. The number of methoxy groups -OCH3 is 2. The number of esters is 1. The van der Waals surface area contributed by atoms with E-state index in [1.165, 1.54) is 27.2 Å². The van der Waals surface area contributed by atoms with Crippen molar-refractivity contribution in [1.82, 2.24) is 0 Å². The zero-order valence-electron chi connectivity index (χ0n) is 14.6. The molecule has 26 heavy (non-hydrogen) atoms. The van der Waals surface area contributed by atoms with Crippen molar-refractivity contribution in [2.24, 2.45) is 0 Å². The lowest BCUT2D eigenvalue weighted by Crippen LogP contribution is -2.41. The molecule has 1 atom stereocenters. The first kappa shape index (κ1) is 21.0. The molecular weight excluding hydrogens is 354 g/mol. The minimum absolute atomic E-state index is 0.0135. The molecule has 0 aromatic heterocycles. The summed E-state index contributed by atoms with van der Waals surface area (Å²) in [6, 6.07) is 2.37. The van der Waals surface area contributed by atoms with E-state index < -0.39 is 29.4 Å². The molecule has 0 aliphatic heterocycles. The zero-order chi connectivity index (χ0) is 19.9. The minimum atomic E-state index is -2.56. The highest BCUT2D eigenvalue weighted by molar-refractivity contribution is 5.79. The van der Waals surface area contributed by atoms with Crippen molar-refractivity contribution in [1.29, 1.82) is 0 Å². The van der Waals surface area contributed by atoms with Crippen LogP contribution in [-0.2, 0) is 25.6 Å². The third-order valence-electron chi connectivity index (χ3n) is 3.06. The maximum atomic E-state index is 11.7. The van der Waals surface area contributed by atoms with Crippen molar-refractivity contribution < 1.29 is 43.3 Å². The van der Waals surface area contributed by atoms with Gasteiger partial charge in [0.15, 0.2) is 11.5 Å². The smallest absolute Gasteiger partial charge is 0.493 e. The van der Waals surface area contributed by atoms with Gasteiger partial charge in [-0.05, 0) is 13.0 Å². The Bertz CT molecular complexity index is 685. The topological polar surface area (TPSA) is 144 Å². The van der Waals surface area contributed by atoms with Crippen molar-refractivity contribution >= 4 is 17.8 Å². The molecule has 0 spiro atoms. The van der Waals surface area contributed by atoms with E-state index in [1.807, 2.05) is 0 Å². The predicted octanol–water partition coefficient (Wildman–Crippen LogP) is 1.54. The van der Waals surface area contributed by atoms with E-state index in [0.29, 0.717) is 0 Å². The Balaban J connectivity index is 2.90. The molecule has 0 fully saturated rings. The van der Waals surface area contributed by atoms with Crippen LogP contribution < -0.4 is 9.47 Å². The van der Waals surface area contributed by atoms with Gasteiger partial charge in [-0.15, -0.1) is 0 Å². The Kier molecular flexibility index (Phi) is 7.14. The number of carbonyl (C=O) groups is 2. The van der Waals surface area contributed by atoms with Gasteiger partial charge in [-0.25, -0.2) is 9.59 Å². The average molecular weight is 373 g/mol. The largest absolute Gasteiger partial charge is 0.511 e. The second kappa shape index (κ2) is 8.85. The first-order chi connectivity index (χ1) is 12.2. The van der Waals surface area contributed by atoms with Crippen LogP contribution in [0, 0.1) is 10.1 Å². The van der Waals surface area contributed by atoms with Crippen LogP contribution in [-0.4, -0.2) is 48.8 Å². The number of aliphatic hydroxyl groups is 1. The fourth-order valence-electron chi connectivity index (χ4n) is 1.83. The van der Waals surface area contributed by atoms with Crippen molar-refractivity contribution in [3.63, 3.8) is 0 Å². The summed E-state index contributed by atoms with van der Waals surface area (Å²) in [6.45, 7) is 1.78. The molecule has 0 aliphatic carbocycles. The number of hydrogen-bond donors (Lipinski definition) is 1. The highest BCUT2D eigenvalue weighted by Crippen LogP contribution is 2.34. The predicted molar refractivity (Wildman–Crippen MR) is 84.7 cm³/mol. The summed E-state index contributed by atoms with van der Waals surface area (Å²) in [5, 5.41) is 20.9. The van der Waals surface area contributed by atoms with Crippen LogP contribution in [0.3, 0.4) is 0 Å². The molecule has 11 heteroatoms. The maximum absolute atomic E-state index is 11.7. The summed E-state index contributed by atoms with van der Waals surface area (Å²) in [5.41, 5.74) is -0.395. The number of nitro benzene ring substituents is 1. The lowest BCUT2D eigenvalue weighted by atomic mass is 10.1. The molecule has 0 bridgehead atoms. The second-order valence-corrected chi connectivity index (χ2v) is 4.94. The van der Waals surface area contributed by atoms with Gasteiger partial charge in [-0.3, -0.25) is 10.1 Å². The van der Waals surface area contributed by atoms with Crippen molar-refractivity contribution in [2.75, 3.05) is 20.8 Å². The first-order valence-corrected chi connectivity index (χ1v) is 7.30. The van der Waals surface area contributed by atoms with Crippen LogP contribution in [0.1, 0.15) is 19.4 Å². The molecule has 1 unspecified atom stereocenters. The van der Waals surface area contributed by atoms with E-state index >= 15 is 0 Å². The third kappa shape index (κ3) is 5.21. The molecule has 0 saturated carbocycles. The van der Waals surface area contributed by atoms with Crippen LogP contribution in [0.2, 0.25) is 0 Å². The first-order valence-electron chi connectivity index (χ1n) is 7.30. The molecule has 1 N–H and O–H groups in total. The van der Waals surface area contributed by atoms with Crippen LogP contribution in [0.4, 0.5) is 10.5 Å². The third-order valence-corrected chi connectivity index (χ3v) is 3.06. The van der Waals surface area contributed by atoms with Crippen LogP contribution in [0.25, 0.3) is 0 Å². The highest BCUT2D eigenvalue weighted by atomic mass is 16.8. The quantitative estimate of drug-likeness (QED) is 0.308. The summed E-state index contributed by atoms with van der Waals surface area (Å²) in [6.07, 6.45) is -1.42. The van der Waals surface area contributed by atoms with E-state index in [2.05, 4.69) is 9.47 Å². The number of ether oxygens (including phenoxy) is 5. The molecule has 11 nitrogen and oxygen atoms in total. The SMILES string of the molecule is CCOC(=O)C(C)(O)OC(=O)OCc1cc(OC)c(OC)cc1[N+](=O)[O-]. The van der Waals surface area contributed by atoms with Crippen molar-refractivity contribution in [3.05, 3.63) is 27.8 Å². The Morgan fingerprint density at radius 2 is 1.77 bits per heavy atom. The summed E-state index contributed by atoms with van der Waals surface area (Å²) in [7, 11) is 2.64. The Morgan fingerprint density at radius 1 is 1.19 bits per heavy atom. The molecular formula is C15H19NO10. The molecule has 1 rings (SSSR count). The molecule has 0 aliphatic rings. The summed E-state index contributed by atoms with van der Waals surface area (Å²) in [4.78, 5) is 33.6. The number of carbonyl (C=O) groups excluding carboxylic acids is 2. The molecule has 1 aromatic carbocycles. The summed E-state index contributed by atoms with van der Waals surface area (Å²) >= 11 is 0. The number of benzene rings is 1. The Morgan fingerprint density at radius 3 is 2.27 bits per heavy atom. The monoisotopic (exact) mass is 373 g/mol. The van der Waals surface area contributed by atoms with Gasteiger partial charge in [0, 0.05) is 6.92 Å². The van der Waals surface area contributed by atoms with Crippen LogP contribution in [0.15, 0.2) is 12.1 Å². The van der Waals surface area contributed by atoms with Gasteiger partial charge in [0.2, 0.25) is 0 Å². The van der Waals surface area contributed by atoms with Gasteiger partial charge in [0.05, 0.1) is 37.4 Å². The van der Waals surface area contributed by atoms with E-state index in [0.717, 1.165) is 13.0 Å². The molecule has 0 radical (unpaired) electrons. The van der Waals surface area contributed by atoms with Crippen LogP contribution in [0.5, 0.6) is 11.5 Å². The van der Waals surface area contributed by atoms with Crippen molar-refractivity contribution in [2.45, 2.75) is 26.2 Å². The Labute approximate surface area is 148 Å². The van der Waals surface area contributed by atoms with E-state index in [4.69, 9.17) is 14.2 Å². The summed E-state index contributed by atoms with van der Waals surface area (Å²) in [5.74, 6) is -3.44. The lowest BCUT2D eigenvalue weighted by molar-refractivity contribution is -0.385. The standard InChI is InChI=1S/C15H19NO10/c1-5-24-13(17)15(2,19)26-14(18)25-8-9-6-11(22-3)12(23-4)7-10(9)16(20)21/h6-7,19H,5,8H2,1-4H3. The van der Waals surface area contributed by atoms with E-state index in [1.54, 1.807) is 0 Å². The molecule has 0 heterocycles. The number of nitrogens with zero attached hydrogens (tertiary/aromatic N) is 1. The summed E-state index contributed by atoms with van der Waals surface area (Å²) < 4.78 is 23.7. The van der Waals surface area contributed by atoms with Gasteiger partial charge < -0.3 is 28.8 Å². The minimum Gasteiger partial charge on any atom is -0.493 e. The van der Waals surface area contributed by atoms with E-state index in [9.17, 15) is 24.8 Å². The number of hydrogen-bond acceptors (Lipinski definition) is 10. The fraction of sp³-hybridized carbons (Fsp3) is 0.467. The number of rotatable bonds is 8. The van der Waals surface area contributed by atoms with Crippen LogP contribution >= 0.6 is 0 Å². The van der Waals surface area contributed by atoms with Crippen molar-refractivity contribution in [3.8, 4) is 11.5 Å². The van der Waals surface area contributed by atoms with Gasteiger partial charge in [0.25, 0.3) is 5.69 Å². The number of nitro groups is 1. The molecule has 144 valence electrons. The maximum Gasteiger partial charge on any atom is 0.511 e. The van der Waals surface area contributed by atoms with E-state index in [-0.39, 0.29) is 29.4 Å². The van der Waals surface area contributed by atoms with Gasteiger partial charge >= 0.3 is 17.9 Å². The second-order valence-electron chi connectivity index (χ2n) is 4.94. The fourth-order valence-corrected chi connectivity index (χ4v) is 1.83.